The highest BCUT2D eigenvalue weighted by Gasteiger charge is 2.35. The van der Waals surface area contributed by atoms with Crippen molar-refractivity contribution >= 4 is 24.7 Å². The quantitative estimate of drug-likeness (QED) is 0.420. The lowest BCUT2D eigenvalue weighted by Crippen LogP contribution is -2.57. The molecule has 3 amide bonds. The van der Waals surface area contributed by atoms with Crippen molar-refractivity contribution in [2.75, 3.05) is 59.9 Å². The van der Waals surface area contributed by atoms with Crippen molar-refractivity contribution in [1.82, 2.24) is 24.9 Å². The van der Waals surface area contributed by atoms with Crippen molar-refractivity contribution in [3.05, 3.63) is 0 Å². The first-order valence-corrected chi connectivity index (χ1v) is 15.7. The number of likely N-dealkylation sites (N-methyl/N-ethyl adjacent to an activating group) is 1. The molecule has 0 unspecified atom stereocenters. The van der Waals surface area contributed by atoms with E-state index >= 15 is 0 Å². The molecule has 240 valence electrons. The number of carboxylic acid groups (broad SMARTS) is 1. The Bertz CT molecular complexity index is 706. The van der Waals surface area contributed by atoms with E-state index in [2.05, 4.69) is 56.8 Å². The Hall–Kier alpha value is -2.20. The third-order valence-electron chi connectivity index (χ3n) is 7.56. The summed E-state index contributed by atoms with van der Waals surface area (Å²) < 4.78 is 0. The molecule has 0 bridgehead atoms. The molecule has 2 atom stereocenters. The summed E-state index contributed by atoms with van der Waals surface area (Å²) in [6, 6.07) is -0.0459. The Morgan fingerprint density at radius 3 is 1.80 bits per heavy atom. The summed E-state index contributed by atoms with van der Waals surface area (Å²) in [6.45, 7) is 16.5. The fourth-order valence-electron chi connectivity index (χ4n) is 5.33. The molecule has 3 fully saturated rings. The topological polar surface area (TPSA) is 114 Å². The summed E-state index contributed by atoms with van der Waals surface area (Å²) in [4.78, 5) is 52.8. The highest BCUT2D eigenvalue weighted by atomic mass is 16.3. The molecule has 10 nitrogen and oxygen atoms in total. The summed E-state index contributed by atoms with van der Waals surface area (Å²) in [7, 11) is 3.99. The molecular weight excluding hydrogens is 522 g/mol. The lowest BCUT2D eigenvalue weighted by molar-refractivity contribution is -0.140. The zero-order chi connectivity index (χ0) is 31.2. The van der Waals surface area contributed by atoms with Crippen molar-refractivity contribution in [3.8, 4) is 0 Å². The highest BCUT2D eigenvalue weighted by Crippen LogP contribution is 2.23. The third kappa shape index (κ3) is 17.4. The van der Waals surface area contributed by atoms with Crippen LogP contribution in [0, 0.1) is 11.8 Å². The van der Waals surface area contributed by atoms with Crippen molar-refractivity contribution in [3.63, 3.8) is 0 Å². The Labute approximate surface area is 250 Å². The number of hydrogen-bond acceptors (Lipinski definition) is 6. The first-order valence-electron chi connectivity index (χ1n) is 15.7. The van der Waals surface area contributed by atoms with Gasteiger partial charge >= 0.3 is 0 Å². The number of nitrogens with one attached hydrogen (secondary N) is 1. The van der Waals surface area contributed by atoms with E-state index in [-0.39, 0.29) is 42.8 Å². The Morgan fingerprint density at radius 1 is 0.878 bits per heavy atom. The third-order valence-corrected chi connectivity index (χ3v) is 7.56. The number of carbonyl (C=O) groups excluding carboxylic acids is 3. The van der Waals surface area contributed by atoms with Gasteiger partial charge in [0.15, 0.2) is 0 Å². The average molecular weight is 584 g/mol. The second-order valence-corrected chi connectivity index (χ2v) is 12.4. The van der Waals surface area contributed by atoms with E-state index in [1.807, 2.05) is 4.90 Å². The molecular formula is C31H61N5O5. The second kappa shape index (κ2) is 23.4. The molecule has 3 aliphatic rings. The second-order valence-electron chi connectivity index (χ2n) is 12.4. The molecule has 0 aromatic carbocycles. The molecule has 0 aromatic heterocycles. The number of nitrogens with zero attached hydrogens (tertiary/aromatic N) is 4. The van der Waals surface area contributed by atoms with Gasteiger partial charge in [-0.1, -0.05) is 47.5 Å². The van der Waals surface area contributed by atoms with Crippen LogP contribution in [-0.4, -0.2) is 121 Å². The molecule has 3 heterocycles. The van der Waals surface area contributed by atoms with Gasteiger partial charge in [-0.15, -0.1) is 0 Å². The Morgan fingerprint density at radius 2 is 1.37 bits per heavy atom. The monoisotopic (exact) mass is 583 g/mol. The number of amides is 3. The van der Waals surface area contributed by atoms with E-state index in [1.54, 1.807) is 11.9 Å². The van der Waals surface area contributed by atoms with Gasteiger partial charge in [0, 0.05) is 32.7 Å². The van der Waals surface area contributed by atoms with Crippen LogP contribution in [0.3, 0.4) is 0 Å². The van der Waals surface area contributed by atoms with Crippen LogP contribution in [0.5, 0.6) is 0 Å². The van der Waals surface area contributed by atoms with Crippen LogP contribution in [0.2, 0.25) is 0 Å². The van der Waals surface area contributed by atoms with Crippen molar-refractivity contribution in [1.29, 1.82) is 0 Å². The minimum atomic E-state index is -0.250. The van der Waals surface area contributed by atoms with Crippen LogP contribution in [0.4, 0.5) is 0 Å². The predicted molar refractivity (Wildman–Crippen MR) is 166 cm³/mol. The summed E-state index contributed by atoms with van der Waals surface area (Å²) in [6.07, 6.45) is 11.3. The Balaban J connectivity index is 0.000000936. The van der Waals surface area contributed by atoms with Gasteiger partial charge in [0.25, 0.3) is 6.47 Å². The fraction of sp³-hybridized carbons (Fsp3) is 0.871. The number of hydrogen-bond donors (Lipinski definition) is 2. The van der Waals surface area contributed by atoms with E-state index in [4.69, 9.17) is 9.90 Å². The molecule has 3 aliphatic heterocycles. The van der Waals surface area contributed by atoms with E-state index in [0.29, 0.717) is 13.0 Å². The van der Waals surface area contributed by atoms with E-state index < -0.39 is 0 Å². The normalized spacial score (nSPS) is 20.2. The molecule has 2 N–H and O–H groups in total. The molecule has 0 saturated carbocycles. The van der Waals surface area contributed by atoms with E-state index in [1.165, 1.54) is 38.8 Å². The standard InChI is InChI=1S/C20H36N4O3.C6H13N.C4H10.CH2O2/c1-16(2)18(22(3)19(26)13-21-15-25)14-24-12-8-5-9-17(24)20(27)23-10-6-4-7-11-23;1-7-5-3-2-4-6-7;1-4(2)3;2-1-3/h15-18H,4-14H2,1-3H3,(H,21,25);2-6H2,1H3;4H,1-3H3;1H,(H,2,3)/t17-,18+;;;/m0.../s1. The molecule has 0 aromatic rings. The number of carbonyl (C=O) groups is 4. The fourth-order valence-corrected chi connectivity index (χ4v) is 5.33. The highest BCUT2D eigenvalue weighted by molar-refractivity contribution is 5.82. The minimum absolute atomic E-state index is 0.0133. The van der Waals surface area contributed by atoms with Gasteiger partial charge in [0.2, 0.25) is 18.2 Å². The van der Waals surface area contributed by atoms with Gasteiger partial charge in [0.05, 0.1) is 12.6 Å². The average Bonchev–Trinajstić information content (AvgIpc) is 2.95. The van der Waals surface area contributed by atoms with Gasteiger partial charge in [-0.3, -0.25) is 24.1 Å². The lowest BCUT2D eigenvalue weighted by Gasteiger charge is -2.42. The summed E-state index contributed by atoms with van der Waals surface area (Å²) in [5.74, 6) is 1.27. The molecule has 0 radical (unpaired) electrons. The van der Waals surface area contributed by atoms with Crippen LogP contribution in [0.25, 0.3) is 0 Å². The molecule has 3 rings (SSSR count). The SMILES string of the molecule is CC(C)C.CC(C)[C@@H](CN1CCCC[C@H]1C(=O)N1CCCCC1)N(C)C(=O)CNC=O.CN1CCCCC1.O=CO. The largest absolute Gasteiger partial charge is 0.483 e. The molecule has 0 spiro atoms. The van der Waals surface area contributed by atoms with Gasteiger partial charge in [-0.2, -0.15) is 0 Å². The summed E-state index contributed by atoms with van der Waals surface area (Å²) >= 11 is 0. The van der Waals surface area contributed by atoms with Crippen molar-refractivity contribution in [2.45, 2.75) is 104 Å². The van der Waals surface area contributed by atoms with Gasteiger partial charge in [-0.05, 0) is 83.5 Å². The van der Waals surface area contributed by atoms with Gasteiger partial charge in [0.1, 0.15) is 0 Å². The minimum Gasteiger partial charge on any atom is -0.483 e. The van der Waals surface area contributed by atoms with Gasteiger partial charge in [-0.25, -0.2) is 0 Å². The van der Waals surface area contributed by atoms with Crippen LogP contribution in [0.1, 0.15) is 92.4 Å². The van der Waals surface area contributed by atoms with Crippen LogP contribution < -0.4 is 5.32 Å². The number of piperidine rings is 3. The zero-order valence-electron chi connectivity index (χ0n) is 27.1. The lowest BCUT2D eigenvalue weighted by atomic mass is 9.96. The maximum atomic E-state index is 13.1. The molecule has 10 heteroatoms. The van der Waals surface area contributed by atoms with Crippen LogP contribution in [-0.2, 0) is 19.2 Å². The first-order chi connectivity index (χ1) is 19.5. The maximum absolute atomic E-state index is 13.1. The summed E-state index contributed by atoms with van der Waals surface area (Å²) in [5.41, 5.74) is 0. The predicted octanol–water partition coefficient (Wildman–Crippen LogP) is 3.55. The molecule has 41 heavy (non-hydrogen) atoms. The first kappa shape index (κ1) is 38.8. The number of likely N-dealkylation sites (tertiary alicyclic amines) is 3. The smallest absolute Gasteiger partial charge is 0.290 e. The Kier molecular flexibility index (Phi) is 22.1. The zero-order valence-corrected chi connectivity index (χ0v) is 27.1. The van der Waals surface area contributed by atoms with Crippen molar-refractivity contribution in [2.24, 2.45) is 11.8 Å². The van der Waals surface area contributed by atoms with Crippen molar-refractivity contribution < 1.29 is 24.3 Å². The number of rotatable bonds is 8. The van der Waals surface area contributed by atoms with Gasteiger partial charge < -0.3 is 25.1 Å². The summed E-state index contributed by atoms with van der Waals surface area (Å²) in [5, 5.41) is 9.34. The molecule has 0 aliphatic carbocycles. The van der Waals surface area contributed by atoms with Crippen LogP contribution >= 0.6 is 0 Å². The van der Waals surface area contributed by atoms with E-state index in [0.717, 1.165) is 57.7 Å². The van der Waals surface area contributed by atoms with Crippen LogP contribution in [0.15, 0.2) is 0 Å². The molecule has 3 saturated heterocycles. The maximum Gasteiger partial charge on any atom is 0.290 e. The van der Waals surface area contributed by atoms with E-state index in [9.17, 15) is 14.4 Å².